The van der Waals surface area contributed by atoms with Crippen LogP contribution in [0.25, 0.3) is 16.8 Å². The van der Waals surface area contributed by atoms with Gasteiger partial charge in [-0.1, -0.05) is 42.5 Å². The van der Waals surface area contributed by atoms with Gasteiger partial charge in [0.1, 0.15) is 12.4 Å². The first-order valence-corrected chi connectivity index (χ1v) is 12.6. The molecule has 1 N–H and O–H groups in total. The number of hydrogen-bond acceptors (Lipinski definition) is 5. The Morgan fingerprint density at radius 3 is 2.64 bits per heavy atom. The third-order valence-electron chi connectivity index (χ3n) is 5.51. The SMILES string of the molecule is COc1cc(/C=C2\SC(=Nc3ccc(F)cc3)NC2=O)cc(Br)c1OCc1cccc2ccccc12. The fraction of sp³-hybridized carbons (Fsp3) is 0.0714. The van der Waals surface area contributed by atoms with Crippen LogP contribution in [0.2, 0.25) is 0 Å². The van der Waals surface area contributed by atoms with Gasteiger partial charge in [-0.15, -0.1) is 0 Å². The van der Waals surface area contributed by atoms with Crippen molar-refractivity contribution < 1.29 is 18.7 Å². The van der Waals surface area contributed by atoms with Gasteiger partial charge in [0.05, 0.1) is 22.2 Å². The van der Waals surface area contributed by atoms with Crippen LogP contribution in [0.4, 0.5) is 10.1 Å². The lowest BCUT2D eigenvalue weighted by Crippen LogP contribution is -2.19. The number of ether oxygens (including phenoxy) is 2. The molecule has 36 heavy (non-hydrogen) atoms. The quantitative estimate of drug-likeness (QED) is 0.252. The first kappa shape index (κ1) is 24.1. The van der Waals surface area contributed by atoms with Gasteiger partial charge in [0.25, 0.3) is 5.91 Å². The number of nitrogens with zero attached hydrogens (tertiary/aromatic N) is 1. The molecule has 5 rings (SSSR count). The van der Waals surface area contributed by atoms with Gasteiger partial charge < -0.3 is 14.8 Å². The molecule has 0 radical (unpaired) electrons. The number of hydrogen-bond donors (Lipinski definition) is 1. The summed E-state index contributed by atoms with van der Waals surface area (Å²) in [5, 5.41) is 5.46. The van der Waals surface area contributed by atoms with Crippen LogP contribution in [-0.4, -0.2) is 18.2 Å². The molecule has 0 spiro atoms. The number of aliphatic imine (C=N–C) groups is 1. The van der Waals surface area contributed by atoms with E-state index in [9.17, 15) is 9.18 Å². The van der Waals surface area contributed by atoms with Crippen molar-refractivity contribution >= 4 is 61.3 Å². The third-order valence-corrected chi connectivity index (χ3v) is 7.01. The summed E-state index contributed by atoms with van der Waals surface area (Å²) in [6.45, 7) is 0.373. The van der Waals surface area contributed by atoms with Crippen LogP contribution in [0.5, 0.6) is 11.5 Å². The highest BCUT2D eigenvalue weighted by Gasteiger charge is 2.24. The van der Waals surface area contributed by atoms with Crippen LogP contribution in [0.15, 0.2) is 93.2 Å². The van der Waals surface area contributed by atoms with E-state index in [1.807, 2.05) is 36.4 Å². The highest BCUT2D eigenvalue weighted by atomic mass is 79.9. The van der Waals surface area contributed by atoms with Crippen molar-refractivity contribution in [3.63, 3.8) is 0 Å². The van der Waals surface area contributed by atoms with E-state index in [4.69, 9.17) is 9.47 Å². The van der Waals surface area contributed by atoms with Crippen molar-refractivity contribution in [2.75, 3.05) is 7.11 Å². The van der Waals surface area contributed by atoms with Crippen molar-refractivity contribution in [1.82, 2.24) is 5.32 Å². The minimum atomic E-state index is -0.341. The molecule has 0 bridgehead atoms. The molecule has 8 heteroatoms. The highest BCUT2D eigenvalue weighted by Crippen LogP contribution is 2.39. The van der Waals surface area contributed by atoms with Gasteiger partial charge in [0, 0.05) is 0 Å². The van der Waals surface area contributed by atoms with Gasteiger partial charge in [-0.25, -0.2) is 9.38 Å². The zero-order valence-electron chi connectivity index (χ0n) is 19.1. The normalized spacial score (nSPS) is 15.5. The van der Waals surface area contributed by atoms with Crippen LogP contribution < -0.4 is 14.8 Å². The van der Waals surface area contributed by atoms with Gasteiger partial charge in [0.2, 0.25) is 0 Å². The number of nitrogens with one attached hydrogen (secondary N) is 1. The first-order valence-electron chi connectivity index (χ1n) is 11.0. The van der Waals surface area contributed by atoms with E-state index in [1.165, 1.54) is 23.9 Å². The van der Waals surface area contributed by atoms with E-state index in [0.29, 0.717) is 38.3 Å². The predicted octanol–water partition coefficient (Wildman–Crippen LogP) is 7.22. The van der Waals surface area contributed by atoms with Gasteiger partial charge in [-0.3, -0.25) is 4.79 Å². The van der Waals surface area contributed by atoms with Crippen LogP contribution in [-0.2, 0) is 11.4 Å². The second-order valence-corrected chi connectivity index (χ2v) is 9.80. The number of amidine groups is 1. The third kappa shape index (κ3) is 5.29. The Labute approximate surface area is 220 Å². The lowest BCUT2D eigenvalue weighted by Gasteiger charge is -2.15. The Hall–Kier alpha value is -3.62. The Balaban J connectivity index is 1.36. The zero-order chi connectivity index (χ0) is 25.1. The van der Waals surface area contributed by atoms with Crippen molar-refractivity contribution in [1.29, 1.82) is 0 Å². The van der Waals surface area contributed by atoms with E-state index in [-0.39, 0.29) is 11.7 Å². The number of benzene rings is 4. The molecule has 1 aliphatic heterocycles. The average Bonchev–Trinajstić information content (AvgIpc) is 3.22. The Morgan fingerprint density at radius 2 is 1.83 bits per heavy atom. The maximum Gasteiger partial charge on any atom is 0.264 e. The number of methoxy groups -OCH3 is 1. The van der Waals surface area contributed by atoms with Crippen molar-refractivity contribution in [2.45, 2.75) is 6.61 Å². The number of amides is 1. The minimum absolute atomic E-state index is 0.257. The van der Waals surface area contributed by atoms with Gasteiger partial charge in [-0.05, 0) is 92.1 Å². The van der Waals surface area contributed by atoms with Crippen LogP contribution in [0.1, 0.15) is 11.1 Å². The number of rotatable bonds is 6. The molecule has 0 aliphatic carbocycles. The first-order chi connectivity index (χ1) is 17.5. The summed E-state index contributed by atoms with van der Waals surface area (Å²) < 4.78 is 25.6. The lowest BCUT2D eigenvalue weighted by molar-refractivity contribution is -0.115. The molecule has 0 aromatic heterocycles. The highest BCUT2D eigenvalue weighted by molar-refractivity contribution is 9.10. The van der Waals surface area contributed by atoms with Crippen molar-refractivity contribution in [2.24, 2.45) is 4.99 Å². The van der Waals surface area contributed by atoms with Gasteiger partial charge >= 0.3 is 0 Å². The summed E-state index contributed by atoms with van der Waals surface area (Å²) in [4.78, 5) is 17.3. The van der Waals surface area contributed by atoms with Gasteiger partial charge in [-0.2, -0.15) is 0 Å². The van der Waals surface area contributed by atoms with E-state index < -0.39 is 0 Å². The molecule has 4 aromatic rings. The Morgan fingerprint density at radius 1 is 1.06 bits per heavy atom. The van der Waals surface area contributed by atoms with E-state index in [1.54, 1.807) is 25.3 Å². The smallest absolute Gasteiger partial charge is 0.264 e. The summed E-state index contributed by atoms with van der Waals surface area (Å²) in [6.07, 6.45) is 1.76. The zero-order valence-corrected chi connectivity index (χ0v) is 21.5. The molecular weight excluding hydrogens is 543 g/mol. The summed E-state index contributed by atoms with van der Waals surface area (Å²) >= 11 is 4.81. The number of fused-ring (bicyclic) bond motifs is 1. The molecule has 180 valence electrons. The fourth-order valence-electron chi connectivity index (χ4n) is 3.80. The molecular formula is C28H20BrFN2O3S. The standard InChI is InChI=1S/C28H20BrFN2O3S/c1-34-24-14-17(15-25-27(33)32-28(36-25)31-21-11-9-20(30)10-12-21)13-23(29)26(24)35-16-19-7-4-6-18-5-2-3-8-22(18)19/h2-15H,16H2,1H3,(H,31,32,33)/b25-15-. The number of thioether (sulfide) groups is 1. The van der Waals surface area contributed by atoms with E-state index in [2.05, 4.69) is 44.4 Å². The van der Waals surface area contributed by atoms with Crippen molar-refractivity contribution in [3.05, 3.63) is 105 Å². The van der Waals surface area contributed by atoms with Crippen LogP contribution in [0.3, 0.4) is 0 Å². The molecule has 4 aromatic carbocycles. The second-order valence-electron chi connectivity index (χ2n) is 7.92. The lowest BCUT2D eigenvalue weighted by atomic mass is 10.1. The topological polar surface area (TPSA) is 59.9 Å². The van der Waals surface area contributed by atoms with Crippen LogP contribution in [0, 0.1) is 5.82 Å². The number of carbonyl (C=O) groups excluding carboxylic acids is 1. The van der Waals surface area contributed by atoms with Crippen molar-refractivity contribution in [3.8, 4) is 11.5 Å². The largest absolute Gasteiger partial charge is 0.493 e. The minimum Gasteiger partial charge on any atom is -0.493 e. The monoisotopic (exact) mass is 562 g/mol. The molecule has 0 unspecified atom stereocenters. The second kappa shape index (κ2) is 10.6. The molecule has 1 fully saturated rings. The summed E-state index contributed by atoms with van der Waals surface area (Å²) in [5.41, 5.74) is 2.38. The number of carbonyl (C=O) groups is 1. The molecule has 1 saturated heterocycles. The molecule has 5 nitrogen and oxygen atoms in total. The molecule has 1 aliphatic rings. The van der Waals surface area contributed by atoms with E-state index >= 15 is 0 Å². The summed E-state index contributed by atoms with van der Waals surface area (Å²) in [6, 6.07) is 23.8. The number of halogens is 2. The van der Waals surface area contributed by atoms with Gasteiger partial charge in [0.15, 0.2) is 16.7 Å². The molecule has 0 atom stereocenters. The molecule has 0 saturated carbocycles. The summed E-state index contributed by atoms with van der Waals surface area (Å²) in [5.74, 6) is 0.522. The maximum atomic E-state index is 13.1. The van der Waals surface area contributed by atoms with Crippen LogP contribution >= 0.6 is 27.7 Å². The summed E-state index contributed by atoms with van der Waals surface area (Å²) in [7, 11) is 1.58. The predicted molar refractivity (Wildman–Crippen MR) is 146 cm³/mol. The Kier molecular flexibility index (Phi) is 7.06. The fourth-order valence-corrected chi connectivity index (χ4v) is 5.21. The average molecular weight is 563 g/mol. The maximum absolute atomic E-state index is 13.1. The molecule has 1 amide bonds. The molecule has 1 heterocycles. The van der Waals surface area contributed by atoms with E-state index in [0.717, 1.165) is 21.9 Å². The Bertz CT molecular complexity index is 1510.